The summed E-state index contributed by atoms with van der Waals surface area (Å²) in [6.07, 6.45) is -5.03. The van der Waals surface area contributed by atoms with Crippen LogP contribution in [0.2, 0.25) is 0 Å². The van der Waals surface area contributed by atoms with Crippen molar-refractivity contribution >= 4 is 0 Å². The Balaban J connectivity index is 4.57. The standard InChI is InChI=1S/C11H22F3NO/c1-5-10(6-2,15(3)4)9(16)7-8-11(12,13)14/h9,16H,5-8H2,1-4H3. The molecule has 0 saturated heterocycles. The summed E-state index contributed by atoms with van der Waals surface area (Å²) in [7, 11) is 3.59. The molecule has 1 unspecified atom stereocenters. The third kappa shape index (κ3) is 3.94. The largest absolute Gasteiger partial charge is 0.391 e. The highest BCUT2D eigenvalue weighted by Crippen LogP contribution is 2.31. The van der Waals surface area contributed by atoms with Crippen molar-refractivity contribution in [2.45, 2.75) is 57.3 Å². The zero-order valence-electron chi connectivity index (χ0n) is 10.4. The fourth-order valence-corrected chi connectivity index (χ4v) is 2.22. The molecule has 0 aromatic carbocycles. The van der Waals surface area contributed by atoms with Crippen molar-refractivity contribution in [2.24, 2.45) is 0 Å². The van der Waals surface area contributed by atoms with Crippen LogP contribution in [0.3, 0.4) is 0 Å². The molecule has 0 saturated carbocycles. The molecular formula is C11H22F3NO. The molecule has 0 heterocycles. The highest BCUT2D eigenvalue weighted by molar-refractivity contribution is 4.92. The Morgan fingerprint density at radius 3 is 1.81 bits per heavy atom. The quantitative estimate of drug-likeness (QED) is 0.773. The minimum absolute atomic E-state index is 0.233. The smallest absolute Gasteiger partial charge is 0.389 e. The van der Waals surface area contributed by atoms with Crippen LogP contribution in [0.5, 0.6) is 0 Å². The van der Waals surface area contributed by atoms with Gasteiger partial charge in [-0.2, -0.15) is 13.2 Å². The zero-order chi connectivity index (χ0) is 13.0. The average molecular weight is 241 g/mol. The maximum atomic E-state index is 12.1. The molecule has 0 bridgehead atoms. The predicted molar refractivity (Wildman–Crippen MR) is 58.3 cm³/mol. The van der Waals surface area contributed by atoms with E-state index in [1.807, 2.05) is 18.7 Å². The summed E-state index contributed by atoms with van der Waals surface area (Å²) in [6.45, 7) is 3.78. The van der Waals surface area contributed by atoms with Gasteiger partial charge in [0.2, 0.25) is 0 Å². The summed E-state index contributed by atoms with van der Waals surface area (Å²) >= 11 is 0. The van der Waals surface area contributed by atoms with Crippen LogP contribution in [0.15, 0.2) is 0 Å². The second-order valence-corrected chi connectivity index (χ2v) is 4.37. The number of hydrogen-bond donors (Lipinski definition) is 1. The Hall–Kier alpha value is -0.290. The Morgan fingerprint density at radius 2 is 1.56 bits per heavy atom. The van der Waals surface area contributed by atoms with Gasteiger partial charge in [-0.1, -0.05) is 13.8 Å². The summed E-state index contributed by atoms with van der Waals surface area (Å²) in [5, 5.41) is 9.95. The van der Waals surface area contributed by atoms with E-state index in [4.69, 9.17) is 0 Å². The van der Waals surface area contributed by atoms with E-state index in [0.29, 0.717) is 12.8 Å². The summed E-state index contributed by atoms with van der Waals surface area (Å²) in [6, 6.07) is 0. The molecular weight excluding hydrogens is 219 g/mol. The number of hydrogen-bond acceptors (Lipinski definition) is 2. The summed E-state index contributed by atoms with van der Waals surface area (Å²) in [5.74, 6) is 0. The van der Waals surface area contributed by atoms with E-state index in [9.17, 15) is 18.3 Å². The van der Waals surface area contributed by atoms with Gasteiger partial charge in [0, 0.05) is 12.0 Å². The van der Waals surface area contributed by atoms with Gasteiger partial charge in [-0.25, -0.2) is 0 Å². The average Bonchev–Trinajstić information content (AvgIpc) is 2.16. The molecule has 0 aromatic rings. The van der Waals surface area contributed by atoms with E-state index in [-0.39, 0.29) is 6.42 Å². The number of halogens is 3. The molecule has 0 spiro atoms. The predicted octanol–water partition coefficient (Wildman–Crippen LogP) is 2.81. The highest BCUT2D eigenvalue weighted by atomic mass is 19.4. The molecule has 0 fully saturated rings. The first-order valence-electron chi connectivity index (χ1n) is 5.61. The van der Waals surface area contributed by atoms with Gasteiger partial charge < -0.3 is 10.0 Å². The van der Waals surface area contributed by atoms with Crippen molar-refractivity contribution in [3.05, 3.63) is 0 Å². The van der Waals surface area contributed by atoms with E-state index < -0.39 is 24.2 Å². The van der Waals surface area contributed by atoms with E-state index in [2.05, 4.69) is 0 Å². The van der Waals surface area contributed by atoms with Crippen molar-refractivity contribution in [3.8, 4) is 0 Å². The minimum atomic E-state index is -4.19. The lowest BCUT2D eigenvalue weighted by atomic mass is 9.83. The van der Waals surface area contributed by atoms with Crippen LogP contribution in [0.4, 0.5) is 13.2 Å². The number of alkyl halides is 3. The van der Waals surface area contributed by atoms with Crippen LogP contribution in [0.25, 0.3) is 0 Å². The number of aliphatic hydroxyl groups excluding tert-OH is 1. The Morgan fingerprint density at radius 1 is 1.12 bits per heavy atom. The van der Waals surface area contributed by atoms with Gasteiger partial charge in [-0.15, -0.1) is 0 Å². The zero-order valence-corrected chi connectivity index (χ0v) is 10.4. The maximum absolute atomic E-state index is 12.1. The highest BCUT2D eigenvalue weighted by Gasteiger charge is 2.39. The molecule has 0 aliphatic carbocycles. The first-order chi connectivity index (χ1) is 7.19. The van der Waals surface area contributed by atoms with Gasteiger partial charge >= 0.3 is 6.18 Å². The van der Waals surface area contributed by atoms with Gasteiger partial charge in [0.1, 0.15) is 0 Å². The number of nitrogens with zero attached hydrogens (tertiary/aromatic N) is 1. The monoisotopic (exact) mass is 241 g/mol. The Bertz CT molecular complexity index is 200. The number of rotatable bonds is 6. The van der Waals surface area contributed by atoms with E-state index in [1.54, 1.807) is 14.1 Å². The fourth-order valence-electron chi connectivity index (χ4n) is 2.22. The Kier molecular flexibility index (Phi) is 5.76. The molecule has 5 heteroatoms. The minimum Gasteiger partial charge on any atom is -0.391 e. The topological polar surface area (TPSA) is 23.5 Å². The number of likely N-dealkylation sites (N-methyl/N-ethyl adjacent to an activating group) is 1. The third-order valence-corrected chi connectivity index (χ3v) is 3.44. The second kappa shape index (κ2) is 5.87. The van der Waals surface area contributed by atoms with E-state index in [0.717, 1.165) is 0 Å². The van der Waals surface area contributed by atoms with Gasteiger partial charge in [0.15, 0.2) is 0 Å². The molecule has 0 aliphatic rings. The molecule has 98 valence electrons. The van der Waals surface area contributed by atoms with Crippen LogP contribution < -0.4 is 0 Å². The summed E-state index contributed by atoms with van der Waals surface area (Å²) in [5.41, 5.74) is -0.550. The van der Waals surface area contributed by atoms with Crippen molar-refractivity contribution in [1.82, 2.24) is 4.90 Å². The lowest BCUT2D eigenvalue weighted by Crippen LogP contribution is -2.53. The van der Waals surface area contributed by atoms with Crippen LogP contribution in [-0.4, -0.2) is 41.9 Å². The lowest BCUT2D eigenvalue weighted by molar-refractivity contribution is -0.145. The van der Waals surface area contributed by atoms with Gasteiger partial charge in [-0.05, 0) is 33.4 Å². The molecule has 16 heavy (non-hydrogen) atoms. The fraction of sp³-hybridized carbons (Fsp3) is 1.00. The van der Waals surface area contributed by atoms with Gasteiger partial charge in [0.25, 0.3) is 0 Å². The second-order valence-electron chi connectivity index (χ2n) is 4.37. The molecule has 0 aliphatic heterocycles. The first kappa shape index (κ1) is 15.7. The van der Waals surface area contributed by atoms with Crippen LogP contribution in [-0.2, 0) is 0 Å². The number of aliphatic hydroxyl groups is 1. The summed E-state index contributed by atoms with van der Waals surface area (Å²) in [4.78, 5) is 1.83. The van der Waals surface area contributed by atoms with E-state index in [1.165, 1.54) is 0 Å². The summed E-state index contributed by atoms with van der Waals surface area (Å²) < 4.78 is 36.3. The SMILES string of the molecule is CCC(CC)(C(O)CCC(F)(F)F)N(C)C. The first-order valence-corrected chi connectivity index (χ1v) is 5.61. The molecule has 0 amide bonds. The van der Waals surface area contributed by atoms with Crippen molar-refractivity contribution in [3.63, 3.8) is 0 Å². The third-order valence-electron chi connectivity index (χ3n) is 3.44. The molecule has 0 rings (SSSR count). The molecule has 0 radical (unpaired) electrons. The van der Waals surface area contributed by atoms with Crippen molar-refractivity contribution < 1.29 is 18.3 Å². The van der Waals surface area contributed by atoms with Gasteiger partial charge in [0.05, 0.1) is 6.10 Å². The van der Waals surface area contributed by atoms with Gasteiger partial charge in [-0.3, -0.25) is 0 Å². The molecule has 0 aromatic heterocycles. The van der Waals surface area contributed by atoms with Crippen LogP contribution >= 0.6 is 0 Å². The Labute approximate surface area is 95.4 Å². The molecule has 2 nitrogen and oxygen atoms in total. The maximum Gasteiger partial charge on any atom is 0.389 e. The van der Waals surface area contributed by atoms with Crippen molar-refractivity contribution in [2.75, 3.05) is 14.1 Å². The normalized spacial score (nSPS) is 15.6. The van der Waals surface area contributed by atoms with Crippen LogP contribution in [0, 0.1) is 0 Å². The van der Waals surface area contributed by atoms with Crippen LogP contribution in [0.1, 0.15) is 39.5 Å². The molecule has 1 N–H and O–H groups in total. The van der Waals surface area contributed by atoms with E-state index >= 15 is 0 Å². The van der Waals surface area contributed by atoms with Crippen molar-refractivity contribution in [1.29, 1.82) is 0 Å². The lowest BCUT2D eigenvalue weighted by Gasteiger charge is -2.42. The molecule has 1 atom stereocenters.